The van der Waals surface area contributed by atoms with Crippen LogP contribution in [0.25, 0.3) is 0 Å². The highest BCUT2D eigenvalue weighted by Gasteiger charge is 2.26. The molecular weight excluding hydrogens is 364 g/mol. The smallest absolute Gasteiger partial charge is 0.336 e. The molecule has 0 amide bonds. The first-order chi connectivity index (χ1) is 9.19. The first-order valence-corrected chi connectivity index (χ1v) is 7.36. The van der Waals surface area contributed by atoms with E-state index < -0.39 is 45.2 Å². The van der Waals surface area contributed by atoms with Gasteiger partial charge in [-0.3, -0.25) is 0 Å². The SMILES string of the molecule is COC(=O)C(O)CNS(=O)(=O)c1c(F)cc(F)cc1Br. The molecule has 1 aromatic rings. The third kappa shape index (κ3) is 3.95. The molecule has 0 spiro atoms. The van der Waals surface area contributed by atoms with Gasteiger partial charge in [0.1, 0.15) is 16.5 Å². The molecular formula is C10H10BrF2NO5S. The maximum atomic E-state index is 13.5. The van der Waals surface area contributed by atoms with Crippen LogP contribution in [0.4, 0.5) is 8.78 Å². The highest BCUT2D eigenvalue weighted by Crippen LogP contribution is 2.25. The zero-order valence-corrected chi connectivity index (χ0v) is 12.5. The molecule has 1 atom stereocenters. The van der Waals surface area contributed by atoms with E-state index in [0.717, 1.165) is 13.2 Å². The van der Waals surface area contributed by atoms with E-state index in [2.05, 4.69) is 20.7 Å². The molecule has 0 radical (unpaired) electrons. The second kappa shape index (κ2) is 6.57. The summed E-state index contributed by atoms with van der Waals surface area (Å²) in [4.78, 5) is 10.1. The van der Waals surface area contributed by atoms with Gasteiger partial charge >= 0.3 is 5.97 Å². The summed E-state index contributed by atoms with van der Waals surface area (Å²) in [6.07, 6.45) is -1.74. The number of aliphatic hydroxyl groups is 1. The van der Waals surface area contributed by atoms with Gasteiger partial charge in [-0.1, -0.05) is 0 Å². The van der Waals surface area contributed by atoms with Gasteiger partial charge in [-0.2, -0.15) is 0 Å². The Labute approximate surface area is 121 Å². The Morgan fingerprint density at radius 1 is 1.50 bits per heavy atom. The summed E-state index contributed by atoms with van der Waals surface area (Å²) in [7, 11) is -3.37. The normalized spacial score (nSPS) is 13.1. The summed E-state index contributed by atoms with van der Waals surface area (Å²) >= 11 is 2.73. The van der Waals surface area contributed by atoms with E-state index in [1.165, 1.54) is 0 Å². The summed E-state index contributed by atoms with van der Waals surface area (Å²) in [5.74, 6) is -3.31. The molecule has 0 aliphatic heterocycles. The molecule has 0 bridgehead atoms. The number of hydrogen-bond acceptors (Lipinski definition) is 5. The fourth-order valence-corrected chi connectivity index (χ4v) is 3.47. The topological polar surface area (TPSA) is 92.7 Å². The molecule has 0 aliphatic carbocycles. The van der Waals surface area contributed by atoms with Gasteiger partial charge in [0.25, 0.3) is 0 Å². The number of methoxy groups -OCH3 is 1. The van der Waals surface area contributed by atoms with Crippen LogP contribution in [0.15, 0.2) is 21.5 Å². The maximum absolute atomic E-state index is 13.5. The highest BCUT2D eigenvalue weighted by molar-refractivity contribution is 9.10. The minimum Gasteiger partial charge on any atom is -0.467 e. The minimum atomic E-state index is -4.38. The van der Waals surface area contributed by atoms with Crippen molar-refractivity contribution in [3.63, 3.8) is 0 Å². The summed E-state index contributed by atoms with van der Waals surface area (Å²) < 4.78 is 55.7. The van der Waals surface area contributed by atoms with Crippen molar-refractivity contribution >= 4 is 31.9 Å². The van der Waals surface area contributed by atoms with Crippen molar-refractivity contribution in [1.29, 1.82) is 0 Å². The van der Waals surface area contributed by atoms with Gasteiger partial charge < -0.3 is 9.84 Å². The lowest BCUT2D eigenvalue weighted by Gasteiger charge is -2.12. The van der Waals surface area contributed by atoms with Crippen molar-refractivity contribution in [2.24, 2.45) is 0 Å². The van der Waals surface area contributed by atoms with Crippen molar-refractivity contribution in [3.05, 3.63) is 28.2 Å². The van der Waals surface area contributed by atoms with E-state index in [0.29, 0.717) is 6.07 Å². The van der Waals surface area contributed by atoms with Crippen molar-refractivity contribution in [3.8, 4) is 0 Å². The minimum absolute atomic E-state index is 0.324. The second-order valence-electron chi connectivity index (χ2n) is 3.59. The fourth-order valence-electron chi connectivity index (χ4n) is 1.27. The van der Waals surface area contributed by atoms with Crippen LogP contribution in [0.1, 0.15) is 0 Å². The Morgan fingerprint density at radius 2 is 2.10 bits per heavy atom. The van der Waals surface area contributed by atoms with Crippen LogP contribution in [0, 0.1) is 11.6 Å². The molecule has 0 saturated carbocycles. The Morgan fingerprint density at radius 3 is 2.60 bits per heavy atom. The molecule has 0 aliphatic rings. The number of sulfonamides is 1. The average molecular weight is 374 g/mol. The van der Waals surface area contributed by atoms with E-state index in [1.54, 1.807) is 0 Å². The molecule has 0 aromatic heterocycles. The number of hydrogen-bond donors (Lipinski definition) is 2. The Balaban J connectivity index is 2.98. The largest absolute Gasteiger partial charge is 0.467 e. The zero-order valence-electron chi connectivity index (χ0n) is 10.1. The molecule has 10 heteroatoms. The number of benzene rings is 1. The van der Waals surface area contributed by atoms with Gasteiger partial charge in [0.15, 0.2) is 6.10 Å². The first kappa shape index (κ1) is 17.0. The average Bonchev–Trinajstić information content (AvgIpc) is 2.33. The van der Waals surface area contributed by atoms with Gasteiger partial charge in [-0.25, -0.2) is 26.7 Å². The van der Waals surface area contributed by atoms with E-state index in [9.17, 15) is 27.1 Å². The number of aliphatic hydroxyl groups excluding tert-OH is 1. The monoisotopic (exact) mass is 373 g/mol. The van der Waals surface area contributed by atoms with Crippen molar-refractivity contribution in [2.45, 2.75) is 11.0 Å². The van der Waals surface area contributed by atoms with Crippen LogP contribution < -0.4 is 4.72 Å². The number of ether oxygens (including phenoxy) is 1. The molecule has 1 unspecified atom stereocenters. The number of carbonyl (C=O) groups is 1. The van der Waals surface area contributed by atoms with E-state index in [4.69, 9.17) is 0 Å². The lowest BCUT2D eigenvalue weighted by Crippen LogP contribution is -2.37. The van der Waals surface area contributed by atoms with Crippen LogP contribution in [-0.4, -0.2) is 39.3 Å². The summed E-state index contributed by atoms with van der Waals surface area (Å²) in [6, 6.07) is 1.17. The second-order valence-corrected chi connectivity index (χ2v) is 6.15. The number of halogens is 3. The predicted molar refractivity (Wildman–Crippen MR) is 67.3 cm³/mol. The van der Waals surface area contributed by atoms with Crippen LogP contribution in [0.3, 0.4) is 0 Å². The fraction of sp³-hybridized carbons (Fsp3) is 0.300. The Hall–Kier alpha value is -1.10. The van der Waals surface area contributed by atoms with E-state index in [-0.39, 0.29) is 4.47 Å². The summed E-state index contributed by atoms with van der Waals surface area (Å²) in [5, 5.41) is 9.24. The van der Waals surface area contributed by atoms with Crippen molar-refractivity contribution in [1.82, 2.24) is 4.72 Å². The van der Waals surface area contributed by atoms with Gasteiger partial charge in [0.2, 0.25) is 10.0 Å². The van der Waals surface area contributed by atoms with Crippen molar-refractivity contribution in [2.75, 3.05) is 13.7 Å². The van der Waals surface area contributed by atoms with Crippen molar-refractivity contribution < 1.29 is 31.8 Å². The molecule has 0 heterocycles. The molecule has 20 heavy (non-hydrogen) atoms. The number of esters is 1. The Kier molecular flexibility index (Phi) is 5.57. The number of nitrogens with one attached hydrogen (secondary N) is 1. The zero-order chi connectivity index (χ0) is 15.5. The summed E-state index contributed by atoms with van der Waals surface area (Å²) in [6.45, 7) is -0.710. The third-order valence-electron chi connectivity index (χ3n) is 2.17. The lowest BCUT2D eigenvalue weighted by molar-refractivity contribution is -0.149. The van der Waals surface area contributed by atoms with E-state index >= 15 is 0 Å². The molecule has 0 saturated heterocycles. The number of rotatable bonds is 5. The molecule has 0 fully saturated rings. The van der Waals surface area contributed by atoms with Crippen LogP contribution in [-0.2, 0) is 19.6 Å². The molecule has 6 nitrogen and oxygen atoms in total. The van der Waals surface area contributed by atoms with Crippen LogP contribution in [0.5, 0.6) is 0 Å². The lowest BCUT2D eigenvalue weighted by atomic mass is 10.3. The summed E-state index contributed by atoms with van der Waals surface area (Å²) in [5.41, 5.74) is 0. The molecule has 1 aromatic carbocycles. The highest BCUT2D eigenvalue weighted by atomic mass is 79.9. The van der Waals surface area contributed by atoms with Crippen LogP contribution in [0.2, 0.25) is 0 Å². The molecule has 1 rings (SSSR count). The number of carbonyl (C=O) groups excluding carboxylic acids is 1. The van der Waals surface area contributed by atoms with Gasteiger partial charge in [0, 0.05) is 17.1 Å². The van der Waals surface area contributed by atoms with Gasteiger partial charge in [-0.05, 0) is 22.0 Å². The predicted octanol–water partition coefficient (Wildman–Crippen LogP) is 0.539. The third-order valence-corrected chi connectivity index (χ3v) is 4.56. The van der Waals surface area contributed by atoms with Gasteiger partial charge in [0.05, 0.1) is 7.11 Å². The van der Waals surface area contributed by atoms with Gasteiger partial charge in [-0.15, -0.1) is 0 Å². The molecule has 112 valence electrons. The molecule has 2 N–H and O–H groups in total. The quantitative estimate of drug-likeness (QED) is 0.734. The Bertz CT molecular complexity index is 599. The van der Waals surface area contributed by atoms with Crippen LogP contribution >= 0.6 is 15.9 Å². The maximum Gasteiger partial charge on any atom is 0.336 e. The first-order valence-electron chi connectivity index (χ1n) is 5.09. The standard InChI is InChI=1S/C10H10BrF2NO5S/c1-19-10(16)8(15)4-14-20(17,18)9-6(11)2-5(12)3-7(9)13/h2-3,8,14-15H,4H2,1H3. The van der Waals surface area contributed by atoms with E-state index in [1.807, 2.05) is 4.72 Å².